The number of carbonyl (C=O) groups excluding carboxylic acids is 2. The molecule has 0 unspecified atom stereocenters. The summed E-state index contributed by atoms with van der Waals surface area (Å²) in [6.07, 6.45) is 3.52. The lowest BCUT2D eigenvalue weighted by atomic mass is 10.1. The van der Waals surface area contributed by atoms with Gasteiger partial charge in [0.1, 0.15) is 11.5 Å². The molecule has 0 saturated carbocycles. The highest BCUT2D eigenvalue weighted by Crippen LogP contribution is 2.35. The number of aryl methyl sites for hydroxylation is 1. The van der Waals surface area contributed by atoms with E-state index in [1.165, 1.54) is 0 Å². The molecule has 0 saturated heterocycles. The highest BCUT2D eigenvalue weighted by atomic mass is 16.6. The van der Waals surface area contributed by atoms with Crippen LogP contribution < -0.4 is 9.47 Å². The van der Waals surface area contributed by atoms with Crippen LogP contribution in [0, 0.1) is 0 Å². The van der Waals surface area contributed by atoms with E-state index in [-0.39, 0.29) is 24.3 Å². The van der Waals surface area contributed by atoms with Gasteiger partial charge in [0.25, 0.3) is 0 Å². The van der Waals surface area contributed by atoms with Gasteiger partial charge in [0.15, 0.2) is 12.4 Å². The van der Waals surface area contributed by atoms with Gasteiger partial charge in [-0.05, 0) is 38.1 Å². The van der Waals surface area contributed by atoms with Crippen LogP contribution in [0.3, 0.4) is 0 Å². The van der Waals surface area contributed by atoms with Crippen molar-refractivity contribution in [3.63, 3.8) is 0 Å². The molecule has 4 rings (SSSR count). The molecule has 0 N–H and O–H groups in total. The lowest BCUT2D eigenvalue weighted by molar-refractivity contribution is -0.149. The molecule has 0 atom stereocenters. The van der Waals surface area contributed by atoms with Crippen molar-refractivity contribution in [2.45, 2.75) is 20.0 Å². The van der Waals surface area contributed by atoms with Gasteiger partial charge in [0, 0.05) is 35.8 Å². The van der Waals surface area contributed by atoms with Crippen LogP contribution in [0.4, 0.5) is 0 Å². The second kappa shape index (κ2) is 7.47. The fourth-order valence-electron chi connectivity index (χ4n) is 3.33. The number of nitrogens with zero attached hydrogens (tertiary/aromatic N) is 1. The molecule has 1 aromatic heterocycles. The van der Waals surface area contributed by atoms with Gasteiger partial charge in [-0.15, -0.1) is 0 Å². The number of benzene rings is 2. The Balaban J connectivity index is 1.55. The third-order valence-electron chi connectivity index (χ3n) is 4.58. The summed E-state index contributed by atoms with van der Waals surface area (Å²) < 4.78 is 18.3. The number of rotatable bonds is 5. The molecule has 2 aromatic carbocycles. The molecule has 29 heavy (non-hydrogen) atoms. The van der Waals surface area contributed by atoms with Crippen molar-refractivity contribution in [2.24, 2.45) is 7.05 Å². The third kappa shape index (κ3) is 3.74. The van der Waals surface area contributed by atoms with E-state index < -0.39 is 5.97 Å². The Morgan fingerprint density at radius 1 is 1.21 bits per heavy atom. The first kappa shape index (κ1) is 18.8. The van der Waals surface area contributed by atoms with Gasteiger partial charge >= 0.3 is 5.97 Å². The molecule has 1 aliphatic heterocycles. The van der Waals surface area contributed by atoms with E-state index in [0.29, 0.717) is 17.1 Å². The molecule has 6 nitrogen and oxygen atoms in total. The summed E-state index contributed by atoms with van der Waals surface area (Å²) in [4.78, 5) is 24.4. The zero-order valence-electron chi connectivity index (χ0n) is 16.5. The van der Waals surface area contributed by atoms with Crippen LogP contribution in [0.25, 0.3) is 17.0 Å². The third-order valence-corrected chi connectivity index (χ3v) is 4.58. The molecule has 1 aliphatic rings. The minimum absolute atomic E-state index is 0.182. The zero-order chi connectivity index (χ0) is 20.5. The van der Waals surface area contributed by atoms with Crippen molar-refractivity contribution in [3.8, 4) is 11.5 Å². The average Bonchev–Trinajstić information content (AvgIpc) is 3.17. The number of allylic oxidation sites excluding steroid dienone is 1. The number of fused-ring (bicyclic) bond motifs is 2. The van der Waals surface area contributed by atoms with Crippen LogP contribution in [0.15, 0.2) is 54.4 Å². The van der Waals surface area contributed by atoms with Crippen LogP contribution in [-0.2, 0) is 16.6 Å². The number of carbonyl (C=O) groups is 2. The summed E-state index contributed by atoms with van der Waals surface area (Å²) in [6, 6.07) is 12.9. The maximum absolute atomic E-state index is 12.7. The molecule has 0 amide bonds. The molecular weight excluding hydrogens is 370 g/mol. The van der Waals surface area contributed by atoms with Gasteiger partial charge < -0.3 is 18.8 Å². The molecule has 3 aromatic rings. The highest BCUT2D eigenvalue weighted by Gasteiger charge is 2.28. The topological polar surface area (TPSA) is 66.8 Å². The summed E-state index contributed by atoms with van der Waals surface area (Å²) in [7, 11) is 1.96. The Labute approximate surface area is 168 Å². The second-order valence-corrected chi connectivity index (χ2v) is 7.14. The smallest absolute Gasteiger partial charge is 0.344 e. The summed E-state index contributed by atoms with van der Waals surface area (Å²) in [5.41, 5.74) is 2.45. The molecule has 0 bridgehead atoms. The fraction of sp³-hybridized carbons (Fsp3) is 0.217. The number of ether oxygens (including phenoxy) is 3. The Kier molecular flexibility index (Phi) is 4.84. The van der Waals surface area contributed by atoms with Crippen molar-refractivity contribution >= 4 is 28.7 Å². The van der Waals surface area contributed by atoms with Crippen LogP contribution >= 0.6 is 0 Å². The first-order chi connectivity index (χ1) is 13.9. The van der Waals surface area contributed by atoms with E-state index in [0.717, 1.165) is 16.5 Å². The average molecular weight is 391 g/mol. The maximum atomic E-state index is 12.7. The molecular formula is C23H21NO5. The SMILES string of the molecule is CC(C)OC(=O)COc1ccc2c(c1)O/C(=C/c1cn(C)c3ccccc13)C2=O. The molecule has 0 aliphatic carbocycles. The van der Waals surface area contributed by atoms with Crippen LogP contribution in [0.1, 0.15) is 29.8 Å². The number of hydrogen-bond donors (Lipinski definition) is 0. The first-order valence-corrected chi connectivity index (χ1v) is 9.37. The van der Waals surface area contributed by atoms with Gasteiger partial charge in [-0.3, -0.25) is 4.79 Å². The van der Waals surface area contributed by atoms with E-state index in [1.807, 2.05) is 42.1 Å². The Bertz CT molecular complexity index is 1140. The fourth-order valence-corrected chi connectivity index (χ4v) is 3.33. The highest BCUT2D eigenvalue weighted by molar-refractivity contribution is 6.15. The molecule has 148 valence electrons. The van der Waals surface area contributed by atoms with Crippen molar-refractivity contribution < 1.29 is 23.8 Å². The molecule has 0 fully saturated rings. The molecule has 0 radical (unpaired) electrons. The van der Waals surface area contributed by atoms with Crippen molar-refractivity contribution in [2.75, 3.05) is 6.61 Å². The van der Waals surface area contributed by atoms with E-state index in [2.05, 4.69) is 0 Å². The number of hydrogen-bond acceptors (Lipinski definition) is 5. The van der Waals surface area contributed by atoms with Crippen molar-refractivity contribution in [3.05, 3.63) is 65.5 Å². The normalized spacial score (nSPS) is 14.3. The number of ketones is 1. The predicted octanol–water partition coefficient (Wildman–Crippen LogP) is 4.12. The number of para-hydroxylation sites is 1. The van der Waals surface area contributed by atoms with Crippen molar-refractivity contribution in [1.29, 1.82) is 0 Å². The largest absolute Gasteiger partial charge is 0.482 e. The minimum atomic E-state index is -0.450. The Morgan fingerprint density at radius 2 is 2.00 bits per heavy atom. The minimum Gasteiger partial charge on any atom is -0.482 e. The van der Waals surface area contributed by atoms with Crippen LogP contribution in [0.5, 0.6) is 11.5 Å². The summed E-state index contributed by atoms with van der Waals surface area (Å²) in [6.45, 7) is 3.34. The predicted molar refractivity (Wildman–Crippen MR) is 109 cm³/mol. The van der Waals surface area contributed by atoms with Crippen LogP contribution in [0.2, 0.25) is 0 Å². The van der Waals surface area contributed by atoms with Gasteiger partial charge in [-0.2, -0.15) is 0 Å². The van der Waals surface area contributed by atoms with Gasteiger partial charge in [-0.1, -0.05) is 18.2 Å². The standard InChI is InChI=1S/C23H21NO5/c1-14(2)28-22(25)13-27-16-8-9-18-20(11-16)29-21(23(18)26)10-15-12-24(3)19-7-5-4-6-17(15)19/h4-12,14H,13H2,1-3H3/b21-10+. The molecule has 0 spiro atoms. The first-order valence-electron chi connectivity index (χ1n) is 9.37. The summed E-state index contributed by atoms with van der Waals surface area (Å²) in [5, 5.41) is 1.04. The monoisotopic (exact) mass is 391 g/mol. The quantitative estimate of drug-likeness (QED) is 0.483. The van der Waals surface area contributed by atoms with E-state index in [4.69, 9.17) is 14.2 Å². The van der Waals surface area contributed by atoms with E-state index in [9.17, 15) is 9.59 Å². The lowest BCUT2D eigenvalue weighted by Gasteiger charge is -2.09. The summed E-state index contributed by atoms with van der Waals surface area (Å²) >= 11 is 0. The molecule has 2 heterocycles. The lowest BCUT2D eigenvalue weighted by Crippen LogP contribution is -2.18. The van der Waals surface area contributed by atoms with Crippen molar-refractivity contribution in [1.82, 2.24) is 4.57 Å². The van der Waals surface area contributed by atoms with E-state index >= 15 is 0 Å². The van der Waals surface area contributed by atoms with E-state index in [1.54, 1.807) is 38.1 Å². The Hall–Kier alpha value is -3.54. The van der Waals surface area contributed by atoms with Gasteiger partial charge in [0.05, 0.1) is 11.7 Å². The number of esters is 1. The second-order valence-electron chi connectivity index (χ2n) is 7.14. The number of aromatic nitrogens is 1. The zero-order valence-corrected chi connectivity index (χ0v) is 16.5. The Morgan fingerprint density at radius 3 is 2.79 bits per heavy atom. The molecule has 6 heteroatoms. The number of Topliss-reactive ketones (excluding diaryl/α,β-unsaturated/α-hetero) is 1. The van der Waals surface area contributed by atoms with Gasteiger partial charge in [0.2, 0.25) is 5.78 Å². The summed E-state index contributed by atoms with van der Waals surface area (Å²) in [5.74, 6) is 0.473. The van der Waals surface area contributed by atoms with Crippen LogP contribution in [-0.4, -0.2) is 29.0 Å². The maximum Gasteiger partial charge on any atom is 0.344 e. The van der Waals surface area contributed by atoms with Gasteiger partial charge in [-0.25, -0.2) is 4.79 Å².